The molecule has 0 bridgehead atoms. The summed E-state index contributed by atoms with van der Waals surface area (Å²) in [6.45, 7) is 2.91. The van der Waals surface area contributed by atoms with E-state index >= 15 is 0 Å². The average molecular weight is 413 g/mol. The Balaban J connectivity index is 1.24. The van der Waals surface area contributed by atoms with Crippen molar-refractivity contribution in [3.8, 4) is 22.8 Å². The highest BCUT2D eigenvalue weighted by atomic mass is 32.2. The van der Waals surface area contributed by atoms with Crippen LogP contribution < -0.4 is 14.8 Å². The number of aromatic nitrogens is 1. The number of rotatable bonds is 6. The molecule has 0 fully saturated rings. The molecule has 4 rings (SSSR count). The van der Waals surface area contributed by atoms with Gasteiger partial charge in [0, 0.05) is 10.9 Å². The first kappa shape index (κ1) is 18.8. The lowest BCUT2D eigenvalue weighted by molar-refractivity contribution is -0.119. The van der Waals surface area contributed by atoms with Gasteiger partial charge in [0.15, 0.2) is 15.8 Å². The lowest BCUT2D eigenvalue weighted by Crippen LogP contribution is -2.41. The second kappa shape index (κ2) is 8.67. The highest BCUT2D eigenvalue weighted by Gasteiger charge is 2.21. The van der Waals surface area contributed by atoms with Crippen LogP contribution in [0.3, 0.4) is 0 Å². The number of nitrogens with one attached hydrogen (secondary N) is 1. The minimum Gasteiger partial charge on any atom is -0.486 e. The number of para-hydroxylation sites is 2. The summed E-state index contributed by atoms with van der Waals surface area (Å²) in [5.41, 5.74) is 3.26. The first-order chi connectivity index (χ1) is 13.7. The fourth-order valence-electron chi connectivity index (χ4n) is 2.75. The Labute approximate surface area is 172 Å². The van der Waals surface area contributed by atoms with Gasteiger partial charge >= 0.3 is 0 Å². The minimum atomic E-state index is -0.183. The molecule has 0 unspecified atom stereocenters. The molecule has 0 saturated heterocycles. The molecular formula is C21H20N2O3S2. The largest absolute Gasteiger partial charge is 0.486 e. The van der Waals surface area contributed by atoms with Gasteiger partial charge in [0.25, 0.3) is 0 Å². The van der Waals surface area contributed by atoms with Crippen LogP contribution in [0.2, 0.25) is 0 Å². The van der Waals surface area contributed by atoms with Gasteiger partial charge < -0.3 is 14.8 Å². The molecule has 5 nitrogen and oxygen atoms in total. The summed E-state index contributed by atoms with van der Waals surface area (Å²) in [6, 6.07) is 15.8. The zero-order valence-corrected chi connectivity index (χ0v) is 17.0. The number of fused-ring (bicyclic) bond motifs is 1. The Morgan fingerprint density at radius 2 is 2.00 bits per heavy atom. The molecule has 1 aliphatic heterocycles. The van der Waals surface area contributed by atoms with Crippen molar-refractivity contribution in [2.75, 3.05) is 18.9 Å². The van der Waals surface area contributed by atoms with Crippen LogP contribution in [0.4, 0.5) is 0 Å². The maximum absolute atomic E-state index is 12.2. The lowest BCUT2D eigenvalue weighted by atomic mass is 10.1. The van der Waals surface area contributed by atoms with Gasteiger partial charge in [-0.1, -0.05) is 53.7 Å². The number of ether oxygens (including phenoxy) is 2. The molecule has 0 aliphatic carbocycles. The lowest BCUT2D eigenvalue weighted by Gasteiger charge is -2.26. The predicted molar refractivity (Wildman–Crippen MR) is 112 cm³/mol. The fraction of sp³-hybridized carbons (Fsp3) is 0.238. The number of thioether (sulfide) groups is 1. The molecule has 0 saturated carbocycles. The number of thiazole rings is 1. The molecule has 3 aromatic rings. The maximum Gasteiger partial charge on any atom is 0.230 e. The van der Waals surface area contributed by atoms with E-state index in [4.69, 9.17) is 9.47 Å². The van der Waals surface area contributed by atoms with Gasteiger partial charge in [0.1, 0.15) is 12.7 Å². The Morgan fingerprint density at radius 3 is 2.82 bits per heavy atom. The molecule has 2 aromatic carbocycles. The normalized spacial score (nSPS) is 15.2. The second-order valence-corrected chi connectivity index (χ2v) is 8.54. The summed E-state index contributed by atoms with van der Waals surface area (Å²) in [7, 11) is 0. The van der Waals surface area contributed by atoms with Crippen molar-refractivity contribution in [3.05, 3.63) is 59.5 Å². The summed E-state index contributed by atoms with van der Waals surface area (Å²) in [5, 5.41) is 4.93. The van der Waals surface area contributed by atoms with Crippen LogP contribution in [0.25, 0.3) is 11.3 Å². The first-order valence-corrected chi connectivity index (χ1v) is 10.8. The number of carbonyl (C=O) groups excluding carboxylic acids is 1. The minimum absolute atomic E-state index is 0.0421. The van der Waals surface area contributed by atoms with E-state index in [0.717, 1.165) is 21.3 Å². The number of nitrogens with zero attached hydrogens (tertiary/aromatic N) is 1. The third-order valence-electron chi connectivity index (χ3n) is 4.25. The van der Waals surface area contributed by atoms with E-state index in [-0.39, 0.29) is 12.0 Å². The molecular weight excluding hydrogens is 392 g/mol. The summed E-state index contributed by atoms with van der Waals surface area (Å²) in [4.78, 5) is 16.8. The second-order valence-electron chi connectivity index (χ2n) is 6.46. The third kappa shape index (κ3) is 4.66. The number of carbonyl (C=O) groups is 1. The van der Waals surface area contributed by atoms with Crippen LogP contribution in [0, 0.1) is 6.92 Å². The molecule has 7 heteroatoms. The zero-order valence-electron chi connectivity index (χ0n) is 15.4. The first-order valence-electron chi connectivity index (χ1n) is 8.98. The number of hydrogen-bond acceptors (Lipinski definition) is 6. The molecule has 1 aliphatic rings. The SMILES string of the molecule is Cc1ccc(-c2csc(SCC(=O)NC[C@@H]3COc4ccccc4O3)n2)cc1. The van der Waals surface area contributed by atoms with Crippen molar-refractivity contribution < 1.29 is 14.3 Å². The van der Waals surface area contributed by atoms with E-state index < -0.39 is 0 Å². The molecule has 1 aromatic heterocycles. The molecule has 144 valence electrons. The number of amides is 1. The maximum atomic E-state index is 12.2. The van der Waals surface area contributed by atoms with Crippen molar-refractivity contribution in [3.63, 3.8) is 0 Å². The van der Waals surface area contributed by atoms with Gasteiger partial charge in [-0.05, 0) is 19.1 Å². The van der Waals surface area contributed by atoms with Crippen LogP contribution in [0.1, 0.15) is 5.56 Å². The Bertz CT molecular complexity index is 956. The Morgan fingerprint density at radius 1 is 1.21 bits per heavy atom. The summed E-state index contributed by atoms with van der Waals surface area (Å²) in [6.07, 6.45) is -0.183. The quantitative estimate of drug-likeness (QED) is 0.616. The topological polar surface area (TPSA) is 60.5 Å². The Kier molecular flexibility index (Phi) is 5.83. The number of benzene rings is 2. The van der Waals surface area contributed by atoms with Gasteiger partial charge in [-0.25, -0.2) is 4.98 Å². The standard InChI is InChI=1S/C21H20N2O3S2/c1-14-6-8-15(9-7-14)17-12-27-21(23-17)28-13-20(24)22-10-16-11-25-18-4-2-3-5-19(18)26-16/h2-9,12,16H,10-11,13H2,1H3,(H,22,24)/t16-/m1/s1. The zero-order chi connectivity index (χ0) is 19.3. The van der Waals surface area contributed by atoms with Crippen molar-refractivity contribution in [2.24, 2.45) is 0 Å². The van der Waals surface area contributed by atoms with Crippen molar-refractivity contribution in [2.45, 2.75) is 17.4 Å². The van der Waals surface area contributed by atoms with E-state index in [2.05, 4.69) is 41.5 Å². The smallest absolute Gasteiger partial charge is 0.230 e. The molecule has 1 N–H and O–H groups in total. The number of hydrogen-bond donors (Lipinski definition) is 1. The summed E-state index contributed by atoms with van der Waals surface area (Å²) in [5.74, 6) is 1.74. The van der Waals surface area contributed by atoms with Crippen LogP contribution in [0.15, 0.2) is 58.3 Å². The van der Waals surface area contributed by atoms with Gasteiger partial charge in [-0.2, -0.15) is 0 Å². The van der Waals surface area contributed by atoms with Crippen LogP contribution in [-0.2, 0) is 4.79 Å². The number of aryl methyl sites for hydroxylation is 1. The molecule has 1 amide bonds. The van der Waals surface area contributed by atoms with Crippen LogP contribution >= 0.6 is 23.1 Å². The predicted octanol–water partition coefficient (Wildman–Crippen LogP) is 4.17. The molecule has 1 atom stereocenters. The fourth-order valence-corrected chi connectivity index (χ4v) is 4.42. The molecule has 2 heterocycles. The average Bonchev–Trinajstić information content (AvgIpc) is 3.20. The van der Waals surface area contributed by atoms with E-state index in [1.807, 2.05) is 29.6 Å². The van der Waals surface area contributed by atoms with E-state index in [1.165, 1.54) is 17.3 Å². The molecule has 0 spiro atoms. The van der Waals surface area contributed by atoms with Crippen molar-refractivity contribution >= 4 is 29.0 Å². The van der Waals surface area contributed by atoms with Gasteiger partial charge in [0.05, 0.1) is 18.0 Å². The highest BCUT2D eigenvalue weighted by Crippen LogP contribution is 2.31. The highest BCUT2D eigenvalue weighted by molar-refractivity contribution is 8.01. The van der Waals surface area contributed by atoms with Gasteiger partial charge in [-0.15, -0.1) is 11.3 Å². The van der Waals surface area contributed by atoms with Crippen molar-refractivity contribution in [1.82, 2.24) is 10.3 Å². The third-order valence-corrected chi connectivity index (χ3v) is 6.27. The van der Waals surface area contributed by atoms with Gasteiger partial charge in [-0.3, -0.25) is 4.79 Å². The Hall–Kier alpha value is -2.51. The summed E-state index contributed by atoms with van der Waals surface area (Å²) < 4.78 is 12.4. The van der Waals surface area contributed by atoms with Crippen LogP contribution in [0.5, 0.6) is 11.5 Å². The molecule has 28 heavy (non-hydrogen) atoms. The molecule has 0 radical (unpaired) electrons. The van der Waals surface area contributed by atoms with Crippen LogP contribution in [-0.4, -0.2) is 35.9 Å². The van der Waals surface area contributed by atoms with Crippen molar-refractivity contribution in [1.29, 1.82) is 0 Å². The van der Waals surface area contributed by atoms with E-state index in [1.54, 1.807) is 11.3 Å². The monoisotopic (exact) mass is 412 g/mol. The van der Waals surface area contributed by atoms with E-state index in [9.17, 15) is 4.79 Å². The summed E-state index contributed by atoms with van der Waals surface area (Å²) >= 11 is 3.00. The van der Waals surface area contributed by atoms with Gasteiger partial charge in [0.2, 0.25) is 5.91 Å². The van der Waals surface area contributed by atoms with E-state index in [0.29, 0.717) is 24.7 Å².